The number of carbonyl (C=O) groups excluding carboxylic acids is 1. The van der Waals surface area contributed by atoms with Gasteiger partial charge in [-0.1, -0.05) is 0 Å². The van der Waals surface area contributed by atoms with E-state index in [1.807, 2.05) is 0 Å². The van der Waals surface area contributed by atoms with E-state index in [-0.39, 0.29) is 28.9 Å². The molecule has 210 valence electrons. The van der Waals surface area contributed by atoms with Gasteiger partial charge in [0.05, 0.1) is 33.2 Å². The number of nitrogens with one attached hydrogen (secondary N) is 1. The SMILES string of the molecule is COCc1cc(C)c(C(=O)Nc2ccc(S(=O)(=O)O)c3cc(S(=O)(=O)O)cc(S(=O)(=O)O)c23)c(C)c1[N+](=O)[O-]. The van der Waals surface area contributed by atoms with Crippen LogP contribution in [0.3, 0.4) is 0 Å². The van der Waals surface area contributed by atoms with E-state index in [2.05, 4.69) is 5.32 Å². The highest BCUT2D eigenvalue weighted by atomic mass is 32.2. The molecule has 0 aromatic heterocycles. The maximum Gasteiger partial charge on any atom is 0.295 e. The molecule has 1 amide bonds. The van der Waals surface area contributed by atoms with Crippen molar-refractivity contribution in [3.8, 4) is 0 Å². The second-order valence-electron chi connectivity index (χ2n) is 8.23. The molecule has 0 saturated heterocycles. The lowest BCUT2D eigenvalue weighted by Gasteiger charge is -2.17. The van der Waals surface area contributed by atoms with Crippen molar-refractivity contribution in [2.45, 2.75) is 35.1 Å². The first-order valence-electron chi connectivity index (χ1n) is 10.4. The number of ether oxygens (including phenoxy) is 1. The number of nitro groups is 1. The van der Waals surface area contributed by atoms with E-state index < -0.39 is 78.0 Å². The van der Waals surface area contributed by atoms with Crippen LogP contribution >= 0.6 is 0 Å². The maximum atomic E-state index is 13.3. The molecule has 0 aliphatic heterocycles. The summed E-state index contributed by atoms with van der Waals surface area (Å²) in [4.78, 5) is 20.9. The number of anilines is 1. The van der Waals surface area contributed by atoms with Crippen LogP contribution < -0.4 is 5.32 Å². The lowest BCUT2D eigenvalue weighted by molar-refractivity contribution is -0.386. The monoisotopic (exact) mass is 604 g/mol. The number of methoxy groups -OCH3 is 1. The number of fused-ring (bicyclic) bond motifs is 1. The minimum absolute atomic E-state index is 0.0768. The third kappa shape index (κ3) is 5.91. The predicted molar refractivity (Wildman–Crippen MR) is 135 cm³/mol. The standard InChI is InChI=1S/C21H20N2O13S3/c1-10-6-12(9-36-3)20(23(25)26)11(2)18(10)21(24)22-15-4-5-16(38(30,31)32)14-7-13(37(27,28)29)8-17(19(14)15)39(33,34)35/h4-8H,9H2,1-3H3,(H,22,24)(H,27,28,29)(H,30,31,32)(H,33,34,35). The normalized spacial score (nSPS) is 12.5. The van der Waals surface area contributed by atoms with Gasteiger partial charge in [0.2, 0.25) is 0 Å². The highest BCUT2D eigenvalue weighted by Gasteiger charge is 2.29. The van der Waals surface area contributed by atoms with Gasteiger partial charge in [0.15, 0.2) is 0 Å². The van der Waals surface area contributed by atoms with Crippen LogP contribution in [0.15, 0.2) is 45.0 Å². The third-order valence-corrected chi connectivity index (χ3v) is 8.26. The maximum absolute atomic E-state index is 13.3. The Bertz CT molecular complexity index is 1880. The van der Waals surface area contributed by atoms with Gasteiger partial charge in [-0.3, -0.25) is 28.6 Å². The van der Waals surface area contributed by atoms with Crippen molar-refractivity contribution < 1.29 is 53.4 Å². The Balaban J connectivity index is 2.40. The molecule has 15 nitrogen and oxygen atoms in total. The average molecular weight is 605 g/mol. The smallest absolute Gasteiger partial charge is 0.295 e. The van der Waals surface area contributed by atoms with Crippen molar-refractivity contribution in [3.63, 3.8) is 0 Å². The van der Waals surface area contributed by atoms with Crippen molar-refractivity contribution in [1.29, 1.82) is 0 Å². The zero-order valence-electron chi connectivity index (χ0n) is 20.2. The second kappa shape index (κ2) is 10.2. The van der Waals surface area contributed by atoms with Crippen LogP contribution in [0.4, 0.5) is 11.4 Å². The number of amides is 1. The first kappa shape index (κ1) is 30.0. The Morgan fingerprint density at radius 1 is 0.949 bits per heavy atom. The van der Waals surface area contributed by atoms with Crippen molar-refractivity contribution in [3.05, 3.63) is 62.7 Å². The van der Waals surface area contributed by atoms with Crippen molar-refractivity contribution in [2.75, 3.05) is 12.4 Å². The summed E-state index contributed by atoms with van der Waals surface area (Å²) >= 11 is 0. The van der Waals surface area contributed by atoms with Crippen molar-refractivity contribution >= 4 is 58.4 Å². The Morgan fingerprint density at radius 2 is 1.54 bits per heavy atom. The van der Waals surface area contributed by atoms with Crippen molar-refractivity contribution in [2.24, 2.45) is 0 Å². The lowest BCUT2D eigenvalue weighted by Crippen LogP contribution is -2.18. The van der Waals surface area contributed by atoms with Gasteiger partial charge in [0.1, 0.15) is 9.79 Å². The summed E-state index contributed by atoms with van der Waals surface area (Å²) in [6.45, 7) is 2.61. The number of hydrogen-bond acceptors (Lipinski definition) is 10. The van der Waals surface area contributed by atoms with Crippen LogP contribution in [0.1, 0.15) is 27.0 Å². The number of nitro benzene ring substituents is 1. The molecular weight excluding hydrogens is 584 g/mol. The molecule has 0 bridgehead atoms. The van der Waals surface area contributed by atoms with E-state index in [4.69, 9.17) is 4.74 Å². The van der Waals surface area contributed by atoms with E-state index >= 15 is 0 Å². The van der Waals surface area contributed by atoms with Gasteiger partial charge in [0.25, 0.3) is 41.9 Å². The zero-order chi connectivity index (χ0) is 29.7. The largest absolute Gasteiger partial charge is 0.380 e. The first-order valence-corrected chi connectivity index (χ1v) is 14.7. The zero-order valence-corrected chi connectivity index (χ0v) is 22.6. The van der Waals surface area contributed by atoms with Gasteiger partial charge in [-0.05, 0) is 49.7 Å². The van der Waals surface area contributed by atoms with Crippen LogP contribution in [0, 0.1) is 24.0 Å². The van der Waals surface area contributed by atoms with Crippen LogP contribution in [0.25, 0.3) is 10.8 Å². The Hall–Kier alpha value is -3.52. The van der Waals surface area contributed by atoms with E-state index in [9.17, 15) is 53.8 Å². The summed E-state index contributed by atoms with van der Waals surface area (Å²) < 4.78 is 106. The van der Waals surface area contributed by atoms with Crippen molar-refractivity contribution in [1.82, 2.24) is 0 Å². The first-order chi connectivity index (χ1) is 17.8. The molecule has 3 aromatic rings. The predicted octanol–water partition coefficient (Wildman–Crippen LogP) is 2.50. The summed E-state index contributed by atoms with van der Waals surface area (Å²) in [7, 11) is -14.3. The molecule has 0 spiro atoms. The molecule has 3 rings (SSSR count). The molecule has 0 unspecified atom stereocenters. The highest BCUT2D eigenvalue weighted by molar-refractivity contribution is 7.87. The van der Waals surface area contributed by atoms with Gasteiger partial charge < -0.3 is 10.1 Å². The van der Waals surface area contributed by atoms with Gasteiger partial charge in [-0.25, -0.2) is 0 Å². The Kier molecular flexibility index (Phi) is 7.87. The number of aryl methyl sites for hydroxylation is 1. The fourth-order valence-electron chi connectivity index (χ4n) is 4.19. The molecule has 0 fully saturated rings. The molecular formula is C21H20N2O13S3. The van der Waals surface area contributed by atoms with E-state index in [0.29, 0.717) is 18.2 Å². The summed E-state index contributed by atoms with van der Waals surface area (Å²) in [5, 5.41) is 12.5. The molecule has 0 atom stereocenters. The summed E-state index contributed by atoms with van der Waals surface area (Å²) in [5.74, 6) is -1.02. The average Bonchev–Trinajstić information content (AvgIpc) is 2.76. The van der Waals surface area contributed by atoms with E-state index in [1.54, 1.807) is 0 Å². The lowest BCUT2D eigenvalue weighted by atomic mass is 9.96. The topological polar surface area (TPSA) is 245 Å². The molecule has 0 aliphatic rings. The third-order valence-electron chi connectivity index (χ3n) is 5.64. The Morgan fingerprint density at radius 3 is 2.03 bits per heavy atom. The molecule has 0 saturated carbocycles. The molecule has 18 heteroatoms. The van der Waals surface area contributed by atoms with Gasteiger partial charge in [0, 0.05) is 23.4 Å². The Labute approximate surface area is 221 Å². The molecule has 0 aliphatic carbocycles. The number of hydrogen-bond donors (Lipinski definition) is 4. The van der Waals surface area contributed by atoms with Crippen LogP contribution in [-0.4, -0.2) is 56.9 Å². The number of rotatable bonds is 8. The second-order valence-corrected chi connectivity index (χ2v) is 12.4. The van der Waals surface area contributed by atoms with Gasteiger partial charge in [-0.2, -0.15) is 25.3 Å². The number of carbonyl (C=O) groups is 1. The summed E-state index contributed by atoms with van der Waals surface area (Å²) in [5.41, 5.74) is -0.757. The summed E-state index contributed by atoms with van der Waals surface area (Å²) in [6, 6.07) is 3.73. The van der Waals surface area contributed by atoms with Gasteiger partial charge >= 0.3 is 0 Å². The number of nitrogens with zero attached hydrogens (tertiary/aromatic N) is 1. The van der Waals surface area contributed by atoms with Crippen LogP contribution in [-0.2, 0) is 41.7 Å². The van der Waals surface area contributed by atoms with E-state index in [1.165, 1.54) is 27.0 Å². The van der Waals surface area contributed by atoms with E-state index in [0.717, 1.165) is 6.07 Å². The fraction of sp³-hybridized carbons (Fsp3) is 0.190. The minimum Gasteiger partial charge on any atom is -0.380 e. The van der Waals surface area contributed by atoms with Crippen LogP contribution in [0.5, 0.6) is 0 Å². The van der Waals surface area contributed by atoms with Crippen LogP contribution in [0.2, 0.25) is 0 Å². The van der Waals surface area contributed by atoms with Gasteiger partial charge in [-0.15, -0.1) is 0 Å². The highest BCUT2D eigenvalue weighted by Crippen LogP contribution is 2.38. The molecule has 0 radical (unpaired) electrons. The molecule has 0 heterocycles. The molecule has 4 N–H and O–H groups in total. The quantitative estimate of drug-likeness (QED) is 0.164. The fourth-order valence-corrected chi connectivity index (χ4v) is 6.23. The minimum atomic E-state index is -5.35. The summed E-state index contributed by atoms with van der Waals surface area (Å²) in [6.07, 6.45) is 0. The molecule has 39 heavy (non-hydrogen) atoms. The number of benzene rings is 3. The molecule has 3 aromatic carbocycles.